The standard InChI is InChI=1S/C7H13O3P/c1-5-10-7(8)6(2)11(3,4)9/h2,5H2,1,3-4H3. The average molecular weight is 176 g/mol. The molecule has 0 N–H and O–H groups in total. The summed E-state index contributed by atoms with van der Waals surface area (Å²) in [6.45, 7) is 8.38. The zero-order chi connectivity index (χ0) is 9.07. The van der Waals surface area contributed by atoms with Gasteiger partial charge in [-0.2, -0.15) is 0 Å². The maximum atomic E-state index is 11.2. The fourth-order valence-electron chi connectivity index (χ4n) is 0.434. The van der Waals surface area contributed by atoms with E-state index in [1.54, 1.807) is 6.92 Å². The molecule has 0 atom stereocenters. The van der Waals surface area contributed by atoms with Crippen LogP contribution in [0.4, 0.5) is 0 Å². The molecule has 0 aliphatic rings. The summed E-state index contributed by atoms with van der Waals surface area (Å²) in [7, 11) is -2.51. The lowest BCUT2D eigenvalue weighted by molar-refractivity contribution is -0.137. The Balaban J connectivity index is 4.28. The lowest BCUT2D eigenvalue weighted by Crippen LogP contribution is -2.06. The third-order valence-corrected chi connectivity index (χ3v) is 2.64. The minimum Gasteiger partial charge on any atom is -0.462 e. The molecule has 0 saturated heterocycles. The summed E-state index contributed by atoms with van der Waals surface area (Å²) in [5, 5.41) is 0.0827. The summed E-state index contributed by atoms with van der Waals surface area (Å²) >= 11 is 0. The van der Waals surface area contributed by atoms with Crippen LogP contribution in [0.5, 0.6) is 0 Å². The Morgan fingerprint density at radius 3 is 2.27 bits per heavy atom. The Morgan fingerprint density at radius 1 is 1.55 bits per heavy atom. The molecular weight excluding hydrogens is 163 g/mol. The fraction of sp³-hybridized carbons (Fsp3) is 0.571. The lowest BCUT2D eigenvalue weighted by atomic mass is 10.6. The van der Waals surface area contributed by atoms with Crippen LogP contribution < -0.4 is 0 Å². The van der Waals surface area contributed by atoms with Crippen molar-refractivity contribution in [2.75, 3.05) is 19.9 Å². The molecule has 0 heterocycles. The minimum absolute atomic E-state index is 0.0827. The number of hydrogen-bond acceptors (Lipinski definition) is 3. The number of carbonyl (C=O) groups is 1. The molecule has 0 rings (SSSR count). The summed E-state index contributed by atoms with van der Waals surface area (Å²) in [4.78, 5) is 10.9. The van der Waals surface area contributed by atoms with Gasteiger partial charge < -0.3 is 9.30 Å². The van der Waals surface area contributed by atoms with Gasteiger partial charge in [0.15, 0.2) is 0 Å². The number of rotatable bonds is 3. The predicted octanol–water partition coefficient (Wildman–Crippen LogP) is 1.69. The van der Waals surface area contributed by atoms with Crippen molar-refractivity contribution in [1.29, 1.82) is 0 Å². The Hall–Kier alpha value is -0.560. The zero-order valence-electron chi connectivity index (χ0n) is 7.09. The van der Waals surface area contributed by atoms with Gasteiger partial charge in [-0.1, -0.05) is 6.58 Å². The third kappa shape index (κ3) is 3.38. The Labute approximate surface area is 66.8 Å². The van der Waals surface area contributed by atoms with Gasteiger partial charge >= 0.3 is 5.97 Å². The second-order valence-electron chi connectivity index (χ2n) is 2.52. The second kappa shape index (κ2) is 3.72. The maximum absolute atomic E-state index is 11.2. The lowest BCUT2D eigenvalue weighted by Gasteiger charge is -2.08. The molecule has 0 amide bonds. The molecule has 0 radical (unpaired) electrons. The van der Waals surface area contributed by atoms with E-state index in [9.17, 15) is 9.36 Å². The van der Waals surface area contributed by atoms with Crippen molar-refractivity contribution >= 4 is 13.1 Å². The van der Waals surface area contributed by atoms with Crippen LogP contribution in [0.25, 0.3) is 0 Å². The van der Waals surface area contributed by atoms with Gasteiger partial charge in [-0.05, 0) is 20.3 Å². The fourth-order valence-corrected chi connectivity index (χ4v) is 0.938. The molecule has 64 valence electrons. The van der Waals surface area contributed by atoms with Crippen molar-refractivity contribution < 1.29 is 14.1 Å². The molecule has 0 aromatic rings. The summed E-state index contributed by atoms with van der Waals surface area (Å²) in [6, 6.07) is 0. The van der Waals surface area contributed by atoms with Crippen LogP contribution >= 0.6 is 7.14 Å². The first-order valence-electron chi connectivity index (χ1n) is 3.31. The highest BCUT2D eigenvalue weighted by Gasteiger charge is 2.20. The van der Waals surface area contributed by atoms with E-state index < -0.39 is 13.1 Å². The van der Waals surface area contributed by atoms with Crippen LogP contribution in [-0.4, -0.2) is 25.9 Å². The van der Waals surface area contributed by atoms with Gasteiger partial charge in [-0.25, -0.2) is 4.79 Å². The molecule has 3 nitrogen and oxygen atoms in total. The van der Waals surface area contributed by atoms with Gasteiger partial charge in [0.1, 0.15) is 7.14 Å². The van der Waals surface area contributed by atoms with E-state index in [1.165, 1.54) is 13.3 Å². The number of ether oxygens (including phenoxy) is 1. The smallest absolute Gasteiger partial charge is 0.341 e. The van der Waals surface area contributed by atoms with Crippen molar-refractivity contribution in [3.8, 4) is 0 Å². The molecule has 0 spiro atoms. The van der Waals surface area contributed by atoms with Crippen LogP contribution in [0.1, 0.15) is 6.92 Å². The normalized spacial score (nSPS) is 10.8. The number of esters is 1. The van der Waals surface area contributed by atoms with E-state index in [2.05, 4.69) is 11.3 Å². The summed E-state index contributed by atoms with van der Waals surface area (Å²) in [5.41, 5.74) is 0. The zero-order valence-corrected chi connectivity index (χ0v) is 7.98. The largest absolute Gasteiger partial charge is 0.462 e. The molecule has 0 aromatic heterocycles. The summed E-state index contributed by atoms with van der Waals surface area (Å²) in [6.07, 6.45) is 0. The topological polar surface area (TPSA) is 43.4 Å². The summed E-state index contributed by atoms with van der Waals surface area (Å²) < 4.78 is 15.8. The highest BCUT2D eigenvalue weighted by molar-refractivity contribution is 7.67. The van der Waals surface area contributed by atoms with Gasteiger partial charge in [0.05, 0.1) is 11.9 Å². The molecule has 0 aromatic carbocycles. The number of carbonyl (C=O) groups excluding carboxylic acids is 1. The third-order valence-electron chi connectivity index (χ3n) is 1.16. The van der Waals surface area contributed by atoms with Gasteiger partial charge in [0.2, 0.25) is 0 Å². The first-order valence-corrected chi connectivity index (χ1v) is 5.91. The highest BCUT2D eigenvalue weighted by atomic mass is 31.2. The maximum Gasteiger partial charge on any atom is 0.341 e. The SMILES string of the molecule is C=C(C(=O)OCC)P(C)(C)=O. The minimum atomic E-state index is -2.51. The first kappa shape index (κ1) is 10.4. The molecule has 0 aliphatic heterocycles. The number of hydrogen-bond donors (Lipinski definition) is 0. The van der Waals surface area contributed by atoms with Gasteiger partial charge in [-0.15, -0.1) is 0 Å². The van der Waals surface area contributed by atoms with Crippen molar-refractivity contribution in [3.63, 3.8) is 0 Å². The second-order valence-corrected chi connectivity index (χ2v) is 5.76. The van der Waals surface area contributed by atoms with Crippen molar-refractivity contribution in [2.45, 2.75) is 6.92 Å². The van der Waals surface area contributed by atoms with Crippen LogP contribution in [0.3, 0.4) is 0 Å². The van der Waals surface area contributed by atoms with Crippen molar-refractivity contribution in [2.24, 2.45) is 0 Å². The van der Waals surface area contributed by atoms with Crippen molar-refractivity contribution in [3.05, 3.63) is 11.9 Å². The molecule has 4 heteroatoms. The van der Waals surface area contributed by atoms with Crippen LogP contribution in [0.15, 0.2) is 11.9 Å². The van der Waals surface area contributed by atoms with Gasteiger partial charge in [0.25, 0.3) is 0 Å². The highest BCUT2D eigenvalue weighted by Crippen LogP contribution is 2.45. The Kier molecular flexibility index (Phi) is 3.53. The molecule has 11 heavy (non-hydrogen) atoms. The van der Waals surface area contributed by atoms with Gasteiger partial charge in [0, 0.05) is 0 Å². The van der Waals surface area contributed by atoms with Gasteiger partial charge in [-0.3, -0.25) is 0 Å². The molecule has 0 aliphatic carbocycles. The van der Waals surface area contributed by atoms with Crippen LogP contribution in [0.2, 0.25) is 0 Å². The van der Waals surface area contributed by atoms with E-state index in [0.717, 1.165) is 0 Å². The molecule has 0 bridgehead atoms. The molecule has 0 unspecified atom stereocenters. The van der Waals surface area contributed by atoms with Crippen molar-refractivity contribution in [1.82, 2.24) is 0 Å². The quantitative estimate of drug-likeness (QED) is 0.373. The van der Waals surface area contributed by atoms with E-state index >= 15 is 0 Å². The molecule has 0 saturated carbocycles. The van der Waals surface area contributed by atoms with Crippen LogP contribution in [-0.2, 0) is 14.1 Å². The van der Waals surface area contributed by atoms with E-state index in [4.69, 9.17) is 0 Å². The van der Waals surface area contributed by atoms with E-state index in [-0.39, 0.29) is 11.9 Å². The predicted molar refractivity (Wildman–Crippen MR) is 45.2 cm³/mol. The van der Waals surface area contributed by atoms with E-state index in [0.29, 0.717) is 0 Å². The Morgan fingerprint density at radius 2 is 2.00 bits per heavy atom. The average Bonchev–Trinajstić information content (AvgIpc) is 1.85. The first-order chi connectivity index (χ1) is 4.89. The summed E-state index contributed by atoms with van der Waals surface area (Å²) in [5.74, 6) is -0.555. The molecular formula is C7H13O3P. The molecule has 0 fully saturated rings. The monoisotopic (exact) mass is 176 g/mol. The Bertz CT molecular complexity index is 214. The van der Waals surface area contributed by atoms with Crippen LogP contribution in [0, 0.1) is 0 Å². The van der Waals surface area contributed by atoms with E-state index in [1.807, 2.05) is 0 Å².